The van der Waals surface area contributed by atoms with Gasteiger partial charge in [-0.3, -0.25) is 0 Å². The third-order valence-corrected chi connectivity index (χ3v) is 13.4. The first kappa shape index (κ1) is 30.0. The average Bonchev–Trinajstić information content (AvgIpc) is 3.51. The van der Waals surface area contributed by atoms with Crippen molar-refractivity contribution in [3.63, 3.8) is 0 Å². The standard InChI is InChI=1S/C46H45NS/c1-3-5-9-33-16-22-38(23-17-33)47(42-12-8-11-41-40-10-6-7-13-43(40)48-44(41)42)39-24-20-37(21-25-39)46-29-34-26-35(30-46)28-45(27-34,31-46)36-18-14-32(4-2)15-19-36/h4,6-8,10-25,34-35H,2-3,5,9,26-31H2,1H3. The highest BCUT2D eigenvalue weighted by Gasteiger charge is 2.58. The van der Waals surface area contributed by atoms with Gasteiger partial charge in [0.2, 0.25) is 0 Å². The fraction of sp³-hybridized carbons (Fsp3) is 0.304. The van der Waals surface area contributed by atoms with E-state index in [9.17, 15) is 0 Å². The Hall–Kier alpha value is -4.14. The van der Waals surface area contributed by atoms with Gasteiger partial charge in [0.15, 0.2) is 0 Å². The van der Waals surface area contributed by atoms with E-state index in [2.05, 4.69) is 134 Å². The van der Waals surface area contributed by atoms with Crippen molar-refractivity contribution >= 4 is 54.6 Å². The number of nitrogens with zero attached hydrogens (tertiary/aromatic N) is 1. The summed E-state index contributed by atoms with van der Waals surface area (Å²) in [5.74, 6) is 1.66. The lowest BCUT2D eigenvalue weighted by Crippen LogP contribution is -2.55. The Labute approximate surface area is 289 Å². The van der Waals surface area contributed by atoms with E-state index in [-0.39, 0.29) is 5.41 Å². The third-order valence-electron chi connectivity index (χ3n) is 12.2. The van der Waals surface area contributed by atoms with E-state index in [4.69, 9.17) is 0 Å². The van der Waals surface area contributed by atoms with Crippen LogP contribution in [0, 0.1) is 11.8 Å². The van der Waals surface area contributed by atoms with Crippen LogP contribution in [0.25, 0.3) is 26.2 Å². The topological polar surface area (TPSA) is 3.24 Å². The summed E-state index contributed by atoms with van der Waals surface area (Å²) in [4.78, 5) is 2.51. The quantitative estimate of drug-likeness (QED) is 0.152. The number of anilines is 3. The summed E-state index contributed by atoms with van der Waals surface area (Å²) in [5.41, 5.74) is 10.1. The van der Waals surface area contributed by atoms with Crippen molar-refractivity contribution in [2.24, 2.45) is 11.8 Å². The SMILES string of the molecule is C=Cc1ccc(C23CC4CC(C2)CC(c2ccc(N(c5ccc(CCCC)cc5)c5cccc6c5sc5ccccc56)cc2)(C4)C3)cc1. The molecular weight excluding hydrogens is 599 g/mol. The highest BCUT2D eigenvalue weighted by atomic mass is 32.1. The van der Waals surface area contributed by atoms with E-state index in [1.54, 1.807) is 11.1 Å². The van der Waals surface area contributed by atoms with Crippen molar-refractivity contribution < 1.29 is 0 Å². The molecule has 4 aliphatic rings. The largest absolute Gasteiger partial charge is 0.309 e. The number of rotatable bonds is 9. The van der Waals surface area contributed by atoms with Crippen LogP contribution in [0.15, 0.2) is 122 Å². The molecule has 1 aromatic heterocycles. The molecule has 2 unspecified atom stereocenters. The predicted molar refractivity (Wildman–Crippen MR) is 207 cm³/mol. The summed E-state index contributed by atoms with van der Waals surface area (Å²) in [5, 5.41) is 2.69. The van der Waals surface area contributed by atoms with Gasteiger partial charge in [0.1, 0.15) is 0 Å². The molecule has 4 fully saturated rings. The van der Waals surface area contributed by atoms with Crippen molar-refractivity contribution in [3.05, 3.63) is 144 Å². The van der Waals surface area contributed by atoms with Crippen LogP contribution in [-0.2, 0) is 17.3 Å². The molecule has 2 heteroatoms. The minimum Gasteiger partial charge on any atom is -0.309 e. The van der Waals surface area contributed by atoms with Crippen molar-refractivity contribution in [1.29, 1.82) is 0 Å². The molecule has 4 bridgehead atoms. The van der Waals surface area contributed by atoms with Crippen LogP contribution < -0.4 is 4.90 Å². The minimum atomic E-state index is 0.275. The van der Waals surface area contributed by atoms with Crippen molar-refractivity contribution in [2.45, 2.75) is 75.5 Å². The van der Waals surface area contributed by atoms with Gasteiger partial charge < -0.3 is 4.90 Å². The summed E-state index contributed by atoms with van der Waals surface area (Å²) in [6.45, 7) is 6.27. The number of hydrogen-bond acceptors (Lipinski definition) is 2. The molecule has 48 heavy (non-hydrogen) atoms. The van der Waals surface area contributed by atoms with E-state index >= 15 is 0 Å². The first-order chi connectivity index (χ1) is 23.6. The maximum absolute atomic E-state index is 4.00. The molecule has 0 N–H and O–H groups in total. The zero-order valence-corrected chi connectivity index (χ0v) is 28.9. The van der Waals surface area contributed by atoms with Crippen LogP contribution in [0.3, 0.4) is 0 Å². The normalized spacial score (nSPS) is 24.4. The Kier molecular flexibility index (Phi) is 7.35. The Bertz CT molecular complexity index is 2090. The molecule has 0 radical (unpaired) electrons. The number of fused-ring (bicyclic) bond motifs is 3. The molecule has 0 aliphatic heterocycles. The highest BCUT2D eigenvalue weighted by molar-refractivity contribution is 7.26. The molecule has 4 aliphatic carbocycles. The van der Waals surface area contributed by atoms with Crippen LogP contribution in [0.4, 0.5) is 17.1 Å². The Morgan fingerprint density at radius 3 is 1.96 bits per heavy atom. The zero-order valence-electron chi connectivity index (χ0n) is 28.1. The summed E-state index contributed by atoms with van der Waals surface area (Å²) in [7, 11) is 0. The monoisotopic (exact) mass is 643 g/mol. The zero-order chi connectivity index (χ0) is 32.3. The maximum Gasteiger partial charge on any atom is 0.0640 e. The van der Waals surface area contributed by atoms with Gasteiger partial charge in [0, 0.05) is 26.8 Å². The molecule has 4 saturated carbocycles. The molecular formula is C46H45NS. The summed E-state index contributed by atoms with van der Waals surface area (Å²) in [6, 6.07) is 44.3. The number of unbranched alkanes of at least 4 members (excludes halogenated alkanes) is 1. The lowest BCUT2D eigenvalue weighted by molar-refractivity contribution is -0.0281. The van der Waals surface area contributed by atoms with Crippen LogP contribution in [0.1, 0.15) is 80.5 Å². The second kappa shape index (κ2) is 11.8. The molecule has 1 heterocycles. The average molecular weight is 644 g/mol. The molecule has 0 amide bonds. The van der Waals surface area contributed by atoms with Crippen LogP contribution in [0.5, 0.6) is 0 Å². The van der Waals surface area contributed by atoms with Crippen LogP contribution in [-0.4, -0.2) is 0 Å². The maximum atomic E-state index is 4.00. The van der Waals surface area contributed by atoms with Gasteiger partial charge in [-0.15, -0.1) is 11.3 Å². The summed E-state index contributed by atoms with van der Waals surface area (Å²) >= 11 is 1.91. The first-order valence-corrected chi connectivity index (χ1v) is 19.0. The third kappa shape index (κ3) is 4.95. The van der Waals surface area contributed by atoms with E-state index in [1.165, 1.54) is 99.7 Å². The van der Waals surface area contributed by atoms with Crippen LogP contribution >= 0.6 is 11.3 Å². The Morgan fingerprint density at radius 1 is 0.708 bits per heavy atom. The number of aryl methyl sites for hydroxylation is 1. The first-order valence-electron chi connectivity index (χ1n) is 18.2. The van der Waals surface area contributed by atoms with E-state index in [1.807, 2.05) is 17.4 Å². The van der Waals surface area contributed by atoms with Gasteiger partial charge in [0.05, 0.1) is 10.4 Å². The lowest BCUT2D eigenvalue weighted by Gasteiger charge is -2.63. The van der Waals surface area contributed by atoms with Gasteiger partial charge >= 0.3 is 0 Å². The molecule has 10 rings (SSSR count). The molecule has 1 nitrogen and oxygen atoms in total. The van der Waals surface area contributed by atoms with Gasteiger partial charge in [0.25, 0.3) is 0 Å². The summed E-state index contributed by atoms with van der Waals surface area (Å²) in [6.07, 6.45) is 13.7. The lowest BCUT2D eigenvalue weighted by atomic mass is 9.42. The second-order valence-electron chi connectivity index (χ2n) is 15.3. The fourth-order valence-electron chi connectivity index (χ4n) is 10.4. The smallest absolute Gasteiger partial charge is 0.0640 e. The van der Waals surface area contributed by atoms with Gasteiger partial charge in [-0.25, -0.2) is 0 Å². The van der Waals surface area contributed by atoms with Crippen molar-refractivity contribution in [1.82, 2.24) is 0 Å². The molecule has 5 aromatic carbocycles. The molecule has 6 aromatic rings. The molecule has 2 atom stereocenters. The van der Waals surface area contributed by atoms with Crippen molar-refractivity contribution in [3.8, 4) is 0 Å². The minimum absolute atomic E-state index is 0.275. The number of benzene rings is 5. The van der Waals surface area contributed by atoms with Gasteiger partial charge in [-0.1, -0.05) is 105 Å². The number of hydrogen-bond donors (Lipinski definition) is 0. The van der Waals surface area contributed by atoms with Crippen LogP contribution in [0.2, 0.25) is 0 Å². The van der Waals surface area contributed by atoms with Gasteiger partial charge in [-0.05, 0) is 133 Å². The van der Waals surface area contributed by atoms with E-state index in [0.29, 0.717) is 5.41 Å². The van der Waals surface area contributed by atoms with E-state index < -0.39 is 0 Å². The van der Waals surface area contributed by atoms with Gasteiger partial charge in [-0.2, -0.15) is 0 Å². The van der Waals surface area contributed by atoms with E-state index in [0.717, 1.165) is 18.3 Å². The Balaban J connectivity index is 1.12. The predicted octanol–water partition coefficient (Wildman–Crippen LogP) is 13.3. The fourth-order valence-corrected chi connectivity index (χ4v) is 11.6. The Morgan fingerprint density at radius 2 is 1.31 bits per heavy atom. The van der Waals surface area contributed by atoms with Crippen molar-refractivity contribution in [2.75, 3.05) is 4.90 Å². The molecule has 240 valence electrons. The molecule has 0 saturated heterocycles. The summed E-state index contributed by atoms with van der Waals surface area (Å²) < 4.78 is 2.70. The number of thiophene rings is 1. The molecule has 0 spiro atoms. The second-order valence-corrected chi connectivity index (χ2v) is 16.3. The highest BCUT2D eigenvalue weighted by Crippen LogP contribution is 2.66.